The molecule has 0 fully saturated rings. The summed E-state index contributed by atoms with van der Waals surface area (Å²) < 4.78 is 15.6. The number of Topliss-reactive ketones (excluding diaryl/α,β-unsaturated/α-hetero) is 1. The number of carbonyl (C=O) groups is 1. The molecule has 1 aromatic carbocycles. The van der Waals surface area contributed by atoms with Crippen LogP contribution in [0.4, 0.5) is 0 Å². The molecule has 0 spiro atoms. The maximum atomic E-state index is 11.7. The number of benzene rings is 1. The van der Waals surface area contributed by atoms with Gasteiger partial charge in [-0.25, -0.2) is 0 Å². The topological polar surface area (TPSA) is 44.8 Å². The third-order valence-corrected chi connectivity index (χ3v) is 2.58. The van der Waals surface area contributed by atoms with Gasteiger partial charge >= 0.3 is 0 Å². The zero-order valence-corrected chi connectivity index (χ0v) is 11.5. The van der Waals surface area contributed by atoms with Crippen LogP contribution in [-0.2, 0) is 14.2 Å². The van der Waals surface area contributed by atoms with Crippen LogP contribution >= 0.6 is 0 Å². The number of carbonyl (C=O) groups excluding carboxylic acids is 1. The maximum absolute atomic E-state index is 11.7. The van der Waals surface area contributed by atoms with Crippen LogP contribution in [0.2, 0.25) is 0 Å². The van der Waals surface area contributed by atoms with Gasteiger partial charge in [0.2, 0.25) is 0 Å². The van der Waals surface area contributed by atoms with Crippen LogP contribution < -0.4 is 0 Å². The monoisotopic (exact) mass is 266 g/mol. The molecule has 19 heavy (non-hydrogen) atoms. The third-order valence-electron chi connectivity index (χ3n) is 2.58. The molecule has 1 aromatic rings. The van der Waals surface area contributed by atoms with Gasteiger partial charge in [-0.3, -0.25) is 4.79 Å². The van der Waals surface area contributed by atoms with Crippen LogP contribution in [-0.4, -0.2) is 45.9 Å². The van der Waals surface area contributed by atoms with E-state index in [9.17, 15) is 4.79 Å². The van der Waals surface area contributed by atoms with Gasteiger partial charge in [0.1, 0.15) is 0 Å². The number of ketones is 1. The van der Waals surface area contributed by atoms with E-state index in [-0.39, 0.29) is 5.78 Å². The molecule has 0 heterocycles. The van der Waals surface area contributed by atoms with E-state index in [1.165, 1.54) is 0 Å². The maximum Gasteiger partial charge on any atom is 0.165 e. The first-order valence-corrected chi connectivity index (χ1v) is 6.57. The highest BCUT2D eigenvalue weighted by Crippen LogP contribution is 2.02. The van der Waals surface area contributed by atoms with Crippen LogP contribution in [0, 0.1) is 0 Å². The summed E-state index contributed by atoms with van der Waals surface area (Å²) in [4.78, 5) is 11.7. The van der Waals surface area contributed by atoms with Gasteiger partial charge in [-0.2, -0.15) is 0 Å². The minimum Gasteiger partial charge on any atom is -0.385 e. The minimum atomic E-state index is 0.113. The highest BCUT2D eigenvalue weighted by Gasteiger charge is 2.04. The summed E-state index contributed by atoms with van der Waals surface area (Å²) >= 11 is 0. The summed E-state index contributed by atoms with van der Waals surface area (Å²) in [5, 5.41) is 0. The highest BCUT2D eigenvalue weighted by atomic mass is 16.5. The Morgan fingerprint density at radius 3 is 2.32 bits per heavy atom. The molecule has 0 bridgehead atoms. The summed E-state index contributed by atoms with van der Waals surface area (Å²) in [6, 6.07) is 9.26. The molecule has 1 rings (SSSR count). The zero-order valence-electron chi connectivity index (χ0n) is 11.5. The smallest absolute Gasteiger partial charge is 0.165 e. The lowest BCUT2D eigenvalue weighted by Crippen LogP contribution is -2.10. The number of ether oxygens (including phenoxy) is 3. The summed E-state index contributed by atoms with van der Waals surface area (Å²) in [6.45, 7) is 2.92. The molecule has 0 amide bonds. The van der Waals surface area contributed by atoms with E-state index in [4.69, 9.17) is 14.2 Å². The molecule has 0 aliphatic rings. The van der Waals surface area contributed by atoms with Crippen LogP contribution in [0.25, 0.3) is 0 Å². The highest BCUT2D eigenvalue weighted by molar-refractivity contribution is 5.96. The standard InChI is InChI=1S/C15H22O4/c1-17-9-5-10-18-12-13-19-11-8-15(16)14-6-3-2-4-7-14/h2-4,6-7H,5,8-13H2,1H3. The second-order valence-electron chi connectivity index (χ2n) is 4.11. The molecule has 0 N–H and O–H groups in total. The molecule has 0 saturated heterocycles. The minimum absolute atomic E-state index is 0.113. The predicted octanol–water partition coefficient (Wildman–Crippen LogP) is 2.33. The fourth-order valence-corrected chi connectivity index (χ4v) is 1.56. The number of methoxy groups -OCH3 is 1. The van der Waals surface area contributed by atoms with Crippen molar-refractivity contribution < 1.29 is 19.0 Å². The fourth-order valence-electron chi connectivity index (χ4n) is 1.56. The molecule has 0 aliphatic heterocycles. The largest absolute Gasteiger partial charge is 0.385 e. The van der Waals surface area contributed by atoms with E-state index in [2.05, 4.69) is 0 Å². The van der Waals surface area contributed by atoms with Crippen molar-refractivity contribution in [2.24, 2.45) is 0 Å². The summed E-state index contributed by atoms with van der Waals surface area (Å²) in [5.74, 6) is 0.113. The average molecular weight is 266 g/mol. The molecule has 4 nitrogen and oxygen atoms in total. The van der Waals surface area contributed by atoms with Crippen molar-refractivity contribution in [2.45, 2.75) is 12.8 Å². The number of hydrogen-bond donors (Lipinski definition) is 0. The lowest BCUT2D eigenvalue weighted by molar-refractivity contribution is 0.0385. The fraction of sp³-hybridized carbons (Fsp3) is 0.533. The second kappa shape index (κ2) is 10.7. The van der Waals surface area contributed by atoms with Crippen molar-refractivity contribution in [3.8, 4) is 0 Å². The summed E-state index contributed by atoms with van der Waals surface area (Å²) in [7, 11) is 1.67. The van der Waals surface area contributed by atoms with E-state index in [1.807, 2.05) is 30.3 Å². The quantitative estimate of drug-likeness (QED) is 0.455. The van der Waals surface area contributed by atoms with E-state index in [0.717, 1.165) is 12.0 Å². The Morgan fingerprint density at radius 2 is 1.63 bits per heavy atom. The zero-order chi connectivity index (χ0) is 13.8. The molecule has 0 saturated carbocycles. The first-order chi connectivity index (χ1) is 9.34. The van der Waals surface area contributed by atoms with E-state index in [0.29, 0.717) is 39.5 Å². The summed E-state index contributed by atoms with van der Waals surface area (Å²) in [5.41, 5.74) is 0.738. The van der Waals surface area contributed by atoms with Crippen molar-refractivity contribution in [3.05, 3.63) is 35.9 Å². The Labute approximate surface area is 114 Å². The Bertz CT molecular complexity index is 337. The van der Waals surface area contributed by atoms with Crippen molar-refractivity contribution in [1.29, 1.82) is 0 Å². The van der Waals surface area contributed by atoms with Crippen LogP contribution in [0.3, 0.4) is 0 Å². The van der Waals surface area contributed by atoms with Crippen molar-refractivity contribution in [2.75, 3.05) is 40.1 Å². The molecule has 0 atom stereocenters. The second-order valence-corrected chi connectivity index (χ2v) is 4.11. The third kappa shape index (κ3) is 7.72. The SMILES string of the molecule is COCCCOCCOCCC(=O)c1ccccc1. The van der Waals surface area contributed by atoms with E-state index in [1.54, 1.807) is 7.11 Å². The van der Waals surface area contributed by atoms with Crippen LogP contribution in [0.5, 0.6) is 0 Å². The van der Waals surface area contributed by atoms with E-state index < -0.39 is 0 Å². The lowest BCUT2D eigenvalue weighted by Gasteiger charge is -2.05. The van der Waals surface area contributed by atoms with Crippen molar-refractivity contribution in [1.82, 2.24) is 0 Å². The van der Waals surface area contributed by atoms with Gasteiger partial charge in [0.25, 0.3) is 0 Å². The average Bonchev–Trinajstić information content (AvgIpc) is 2.46. The molecule has 106 valence electrons. The predicted molar refractivity (Wildman–Crippen MR) is 73.5 cm³/mol. The lowest BCUT2D eigenvalue weighted by atomic mass is 10.1. The van der Waals surface area contributed by atoms with Gasteiger partial charge in [0.15, 0.2) is 5.78 Å². The molecular weight excluding hydrogens is 244 g/mol. The van der Waals surface area contributed by atoms with Gasteiger partial charge < -0.3 is 14.2 Å². The Morgan fingerprint density at radius 1 is 0.947 bits per heavy atom. The van der Waals surface area contributed by atoms with E-state index >= 15 is 0 Å². The van der Waals surface area contributed by atoms with Gasteiger partial charge in [0, 0.05) is 32.3 Å². The van der Waals surface area contributed by atoms with Gasteiger partial charge in [-0.1, -0.05) is 30.3 Å². The molecule has 0 aliphatic carbocycles. The molecule has 0 aromatic heterocycles. The molecule has 4 heteroatoms. The number of rotatable bonds is 11. The van der Waals surface area contributed by atoms with Crippen LogP contribution in [0.15, 0.2) is 30.3 Å². The van der Waals surface area contributed by atoms with Crippen LogP contribution in [0.1, 0.15) is 23.2 Å². The first kappa shape index (κ1) is 15.8. The number of hydrogen-bond acceptors (Lipinski definition) is 4. The molecule has 0 unspecified atom stereocenters. The van der Waals surface area contributed by atoms with Gasteiger partial charge in [-0.05, 0) is 6.42 Å². The van der Waals surface area contributed by atoms with Crippen molar-refractivity contribution in [3.63, 3.8) is 0 Å². The normalized spacial score (nSPS) is 10.6. The van der Waals surface area contributed by atoms with Gasteiger partial charge in [-0.15, -0.1) is 0 Å². The van der Waals surface area contributed by atoms with Crippen molar-refractivity contribution >= 4 is 5.78 Å². The summed E-state index contributed by atoms with van der Waals surface area (Å²) in [6.07, 6.45) is 1.30. The Balaban J connectivity index is 1.95. The molecule has 0 radical (unpaired) electrons. The first-order valence-electron chi connectivity index (χ1n) is 6.57. The molecular formula is C15H22O4. The Hall–Kier alpha value is -1.23. The van der Waals surface area contributed by atoms with Gasteiger partial charge in [0.05, 0.1) is 19.8 Å². The Kier molecular flexibility index (Phi) is 8.89.